The lowest BCUT2D eigenvalue weighted by Crippen LogP contribution is -2.52. The molecule has 0 saturated carbocycles. The van der Waals surface area contributed by atoms with Gasteiger partial charge in [-0.15, -0.1) is 0 Å². The topological polar surface area (TPSA) is 93.6 Å². The number of ether oxygens (including phenoxy) is 2. The van der Waals surface area contributed by atoms with Crippen LogP contribution in [0.25, 0.3) is 0 Å². The van der Waals surface area contributed by atoms with Gasteiger partial charge in [-0.3, -0.25) is 14.9 Å². The third kappa shape index (κ3) is 8.70. The van der Waals surface area contributed by atoms with Crippen molar-refractivity contribution in [2.75, 3.05) is 26.1 Å². The number of hydrogen-bond donors (Lipinski definition) is 3. The quantitative estimate of drug-likeness (QED) is 0.365. The summed E-state index contributed by atoms with van der Waals surface area (Å²) in [6.07, 6.45) is -2.79. The van der Waals surface area contributed by atoms with Crippen molar-refractivity contribution in [1.29, 1.82) is 0 Å². The number of halogens is 3. The molecule has 2 rings (SSSR count). The second-order valence-corrected chi connectivity index (χ2v) is 9.30. The number of aromatic nitrogens is 1. The molecule has 1 aromatic carbocycles. The highest BCUT2D eigenvalue weighted by Gasteiger charge is 2.43. The highest BCUT2D eigenvalue weighted by molar-refractivity contribution is 5.82. The van der Waals surface area contributed by atoms with E-state index in [-0.39, 0.29) is 23.9 Å². The molecule has 0 unspecified atom stereocenters. The summed E-state index contributed by atoms with van der Waals surface area (Å²) in [6.45, 7) is 5.89. The first-order chi connectivity index (χ1) is 17.4. The van der Waals surface area contributed by atoms with E-state index >= 15 is 0 Å². The van der Waals surface area contributed by atoms with Gasteiger partial charge in [-0.25, -0.2) is 0 Å². The fourth-order valence-electron chi connectivity index (χ4n) is 3.87. The van der Waals surface area contributed by atoms with Gasteiger partial charge in [0.2, 0.25) is 11.5 Å². The van der Waals surface area contributed by atoms with Crippen molar-refractivity contribution in [3.8, 4) is 11.5 Å². The van der Waals surface area contributed by atoms with Crippen LogP contribution in [0.5, 0.6) is 11.5 Å². The van der Waals surface area contributed by atoms with Crippen LogP contribution in [-0.4, -0.2) is 49.5 Å². The highest BCUT2D eigenvalue weighted by Crippen LogP contribution is 2.33. The second-order valence-electron chi connectivity index (χ2n) is 9.30. The van der Waals surface area contributed by atoms with E-state index < -0.39 is 29.7 Å². The van der Waals surface area contributed by atoms with Crippen LogP contribution < -0.4 is 31.0 Å². The number of aryl methyl sites for hydroxylation is 1. The van der Waals surface area contributed by atoms with E-state index in [1.54, 1.807) is 25.3 Å². The van der Waals surface area contributed by atoms with Crippen molar-refractivity contribution in [1.82, 2.24) is 15.2 Å². The van der Waals surface area contributed by atoms with Crippen molar-refractivity contribution in [3.05, 3.63) is 52.4 Å². The Morgan fingerprint density at radius 3 is 2.35 bits per heavy atom. The minimum Gasteiger partial charge on any atom is -0.497 e. The van der Waals surface area contributed by atoms with Gasteiger partial charge < -0.3 is 24.7 Å². The summed E-state index contributed by atoms with van der Waals surface area (Å²) in [5.41, 5.74) is 0.129. The lowest BCUT2D eigenvalue weighted by molar-refractivity contribution is -0.161. The van der Waals surface area contributed by atoms with Gasteiger partial charge in [0.25, 0.3) is 0 Å². The average molecular weight is 527 g/mol. The molecule has 37 heavy (non-hydrogen) atoms. The number of anilines is 1. The highest BCUT2D eigenvalue weighted by atomic mass is 19.4. The number of benzene rings is 1. The molecule has 0 spiro atoms. The minimum absolute atomic E-state index is 0.0426. The molecule has 11 heteroatoms. The van der Waals surface area contributed by atoms with Crippen LogP contribution in [0.4, 0.5) is 18.9 Å². The van der Waals surface area contributed by atoms with Crippen LogP contribution >= 0.6 is 0 Å². The molecular weight excluding hydrogens is 489 g/mol. The summed E-state index contributed by atoms with van der Waals surface area (Å²) < 4.78 is 53.8. The van der Waals surface area contributed by atoms with Crippen LogP contribution in [0, 0.1) is 5.92 Å². The molecule has 0 aliphatic rings. The van der Waals surface area contributed by atoms with Crippen molar-refractivity contribution in [2.45, 2.75) is 57.9 Å². The van der Waals surface area contributed by atoms with Crippen LogP contribution in [0.15, 0.2) is 41.3 Å². The number of pyridine rings is 1. The van der Waals surface area contributed by atoms with E-state index in [0.29, 0.717) is 30.2 Å². The number of hydrogen-bond acceptors (Lipinski definition) is 6. The molecule has 0 saturated heterocycles. The second kappa shape index (κ2) is 13.4. The molecule has 1 amide bonds. The van der Waals surface area contributed by atoms with E-state index in [0.717, 1.165) is 22.9 Å². The largest absolute Gasteiger partial charge is 0.497 e. The van der Waals surface area contributed by atoms with Gasteiger partial charge in [-0.1, -0.05) is 26.8 Å². The Morgan fingerprint density at radius 1 is 1.11 bits per heavy atom. The zero-order valence-corrected chi connectivity index (χ0v) is 22.1. The number of nitrogens with one attached hydrogen (secondary N) is 3. The van der Waals surface area contributed by atoms with Crippen molar-refractivity contribution in [2.24, 2.45) is 13.0 Å². The van der Waals surface area contributed by atoms with Gasteiger partial charge in [0.05, 0.1) is 25.9 Å². The van der Waals surface area contributed by atoms with Gasteiger partial charge in [0.15, 0.2) is 0 Å². The number of carbonyl (C=O) groups excluding carboxylic acids is 1. The van der Waals surface area contributed by atoms with Crippen LogP contribution in [0.1, 0.15) is 45.2 Å². The SMILES string of the molecule is CC[C@@H](CNc1ccc(OC)cc1OC)NC(=O)[C@H](CC(C)C)N[C@@H](c1ccc(=O)n(C)c1)C(F)(F)F. The Labute approximate surface area is 215 Å². The normalized spacial score (nSPS) is 14.1. The number of amides is 1. The van der Waals surface area contributed by atoms with Crippen LogP contribution in [-0.2, 0) is 11.8 Å². The number of rotatable bonds is 13. The molecule has 0 fully saturated rings. The fourth-order valence-corrected chi connectivity index (χ4v) is 3.87. The smallest absolute Gasteiger partial charge is 0.407 e. The molecule has 2 aromatic rings. The maximum absolute atomic E-state index is 14.0. The molecule has 3 atom stereocenters. The van der Waals surface area contributed by atoms with E-state index in [1.165, 1.54) is 14.2 Å². The Balaban J connectivity index is 2.19. The summed E-state index contributed by atoms with van der Waals surface area (Å²) in [4.78, 5) is 24.9. The molecule has 8 nitrogen and oxygen atoms in total. The third-order valence-corrected chi connectivity index (χ3v) is 5.95. The predicted molar refractivity (Wildman–Crippen MR) is 137 cm³/mol. The Bertz CT molecular complexity index is 1090. The molecular formula is C26H37F3N4O4. The van der Waals surface area contributed by atoms with Gasteiger partial charge >= 0.3 is 6.18 Å². The maximum Gasteiger partial charge on any atom is 0.407 e. The standard InChI is InChI=1S/C26H37F3N4O4/c1-7-18(14-30-20-10-9-19(36-5)13-22(20)37-6)31-25(35)21(12-16(2)3)32-24(26(27,28)29)17-8-11-23(34)33(4)15-17/h8-11,13,15-16,18,21,24,30,32H,7,12,14H2,1-6H3,(H,31,35)/t18-,21-,24-/m0/s1. The fraction of sp³-hybridized carbons (Fsp3) is 0.538. The average Bonchev–Trinajstić information content (AvgIpc) is 2.84. The maximum atomic E-state index is 14.0. The first kappa shape index (κ1) is 30.0. The van der Waals surface area contributed by atoms with Gasteiger partial charge in [0.1, 0.15) is 17.5 Å². The van der Waals surface area contributed by atoms with Crippen molar-refractivity contribution < 1.29 is 27.4 Å². The third-order valence-electron chi connectivity index (χ3n) is 5.95. The van der Waals surface area contributed by atoms with E-state index in [4.69, 9.17) is 9.47 Å². The summed E-state index contributed by atoms with van der Waals surface area (Å²) in [7, 11) is 4.46. The van der Waals surface area contributed by atoms with Crippen molar-refractivity contribution in [3.63, 3.8) is 0 Å². The van der Waals surface area contributed by atoms with Gasteiger partial charge in [-0.2, -0.15) is 13.2 Å². The zero-order valence-electron chi connectivity index (χ0n) is 22.1. The lowest BCUT2D eigenvalue weighted by Gasteiger charge is -2.30. The number of alkyl halides is 3. The minimum atomic E-state index is -4.68. The van der Waals surface area contributed by atoms with E-state index in [1.807, 2.05) is 20.8 Å². The molecule has 206 valence electrons. The predicted octanol–water partition coefficient (Wildman–Crippen LogP) is 4.02. The monoisotopic (exact) mass is 526 g/mol. The summed E-state index contributed by atoms with van der Waals surface area (Å²) in [6, 6.07) is 3.93. The number of methoxy groups -OCH3 is 2. The zero-order chi connectivity index (χ0) is 27.8. The first-order valence-electron chi connectivity index (χ1n) is 12.1. The molecule has 1 aromatic heterocycles. The van der Waals surface area contributed by atoms with E-state index in [9.17, 15) is 22.8 Å². The van der Waals surface area contributed by atoms with Crippen molar-refractivity contribution >= 4 is 11.6 Å². The molecule has 0 bridgehead atoms. The van der Waals surface area contributed by atoms with Gasteiger partial charge in [0, 0.05) is 38.0 Å². The lowest BCUT2D eigenvalue weighted by atomic mass is 9.99. The Kier molecular flexibility index (Phi) is 10.8. The summed E-state index contributed by atoms with van der Waals surface area (Å²) >= 11 is 0. The van der Waals surface area contributed by atoms with E-state index in [2.05, 4.69) is 16.0 Å². The number of carbonyl (C=O) groups is 1. The number of nitrogens with zero attached hydrogens (tertiary/aromatic N) is 1. The molecule has 3 N–H and O–H groups in total. The Hall–Kier alpha value is -3.21. The molecule has 0 radical (unpaired) electrons. The summed E-state index contributed by atoms with van der Waals surface area (Å²) in [5, 5.41) is 8.62. The molecule has 1 heterocycles. The van der Waals surface area contributed by atoms with Crippen LogP contribution in [0.3, 0.4) is 0 Å². The molecule has 0 aliphatic heterocycles. The Morgan fingerprint density at radius 2 is 1.81 bits per heavy atom. The van der Waals surface area contributed by atoms with Gasteiger partial charge in [-0.05, 0) is 36.5 Å². The molecule has 0 aliphatic carbocycles. The van der Waals surface area contributed by atoms with Crippen LogP contribution in [0.2, 0.25) is 0 Å². The summed E-state index contributed by atoms with van der Waals surface area (Å²) in [5.74, 6) is 0.621. The first-order valence-corrected chi connectivity index (χ1v) is 12.1.